The van der Waals surface area contributed by atoms with E-state index in [0.29, 0.717) is 16.9 Å². The van der Waals surface area contributed by atoms with Crippen LogP contribution in [0.1, 0.15) is 21.0 Å². The Hall–Kier alpha value is -3.68. The molecule has 0 spiro atoms. The van der Waals surface area contributed by atoms with Crippen molar-refractivity contribution in [2.24, 2.45) is 0 Å². The Morgan fingerprint density at radius 2 is 2.00 bits per heavy atom. The predicted octanol–water partition coefficient (Wildman–Crippen LogP) is 1.93. The Balaban J connectivity index is 1.89. The average molecular weight is 337 g/mol. The number of nitrogens with two attached hydrogens (primary N) is 1. The van der Waals surface area contributed by atoms with Crippen molar-refractivity contribution in [1.29, 1.82) is 0 Å². The van der Waals surface area contributed by atoms with E-state index in [-0.39, 0.29) is 23.2 Å². The van der Waals surface area contributed by atoms with Crippen LogP contribution in [0.5, 0.6) is 0 Å². The summed E-state index contributed by atoms with van der Waals surface area (Å²) in [5.41, 5.74) is 7.43. The molecule has 0 aliphatic heterocycles. The Bertz CT molecular complexity index is 922. The first-order valence-corrected chi connectivity index (χ1v) is 7.38. The molecular weight excluding hydrogens is 322 g/mol. The second-order valence-electron chi connectivity index (χ2n) is 5.08. The smallest absolute Gasteiger partial charge is 0.291 e. The third-order valence-corrected chi connectivity index (χ3v) is 3.40. The number of anilines is 2. The Labute approximate surface area is 143 Å². The fourth-order valence-electron chi connectivity index (χ4n) is 2.18. The van der Waals surface area contributed by atoms with E-state index in [1.54, 1.807) is 36.4 Å². The van der Waals surface area contributed by atoms with E-state index in [2.05, 4.69) is 20.6 Å². The van der Waals surface area contributed by atoms with Gasteiger partial charge in [0.1, 0.15) is 0 Å². The predicted molar refractivity (Wildman–Crippen MR) is 91.9 cm³/mol. The van der Waals surface area contributed by atoms with E-state index in [4.69, 9.17) is 10.2 Å². The molecular formula is C17H15N5O3. The summed E-state index contributed by atoms with van der Waals surface area (Å²) in [6.07, 6.45) is 2.89. The summed E-state index contributed by atoms with van der Waals surface area (Å²) in [5, 5.41) is 5.19. The number of nitrogens with zero attached hydrogens (tertiary/aromatic N) is 2. The first kappa shape index (κ1) is 16.2. The highest BCUT2D eigenvalue weighted by Gasteiger charge is 2.14. The number of furan rings is 1. The van der Waals surface area contributed by atoms with Gasteiger partial charge in [-0.05, 0) is 24.3 Å². The molecule has 2 heterocycles. The zero-order valence-corrected chi connectivity index (χ0v) is 13.3. The summed E-state index contributed by atoms with van der Waals surface area (Å²) >= 11 is 0. The fraction of sp³-hybridized carbons (Fsp3) is 0.0588. The number of nitrogen functional groups attached to an aromatic ring is 1. The number of hydrogen-bond donors (Lipinski definition) is 3. The van der Waals surface area contributed by atoms with Crippen molar-refractivity contribution in [1.82, 2.24) is 15.3 Å². The quantitative estimate of drug-likeness (QED) is 0.668. The van der Waals surface area contributed by atoms with E-state index in [1.807, 2.05) is 0 Å². The fourth-order valence-corrected chi connectivity index (χ4v) is 2.18. The van der Waals surface area contributed by atoms with Crippen LogP contribution in [-0.4, -0.2) is 28.8 Å². The summed E-state index contributed by atoms with van der Waals surface area (Å²) in [7, 11) is 1.49. The van der Waals surface area contributed by atoms with Crippen LogP contribution in [0.2, 0.25) is 0 Å². The molecule has 0 saturated carbocycles. The topological polar surface area (TPSA) is 123 Å². The van der Waals surface area contributed by atoms with E-state index < -0.39 is 5.91 Å². The zero-order chi connectivity index (χ0) is 17.8. The van der Waals surface area contributed by atoms with Gasteiger partial charge >= 0.3 is 0 Å². The van der Waals surface area contributed by atoms with Crippen molar-refractivity contribution >= 4 is 23.3 Å². The molecule has 126 valence electrons. The Morgan fingerprint density at radius 1 is 1.16 bits per heavy atom. The molecule has 2 aromatic heterocycles. The molecule has 0 saturated heterocycles. The second kappa shape index (κ2) is 6.83. The third-order valence-electron chi connectivity index (χ3n) is 3.40. The van der Waals surface area contributed by atoms with Crippen LogP contribution in [0.25, 0.3) is 11.3 Å². The molecule has 2 amide bonds. The largest absolute Gasteiger partial charge is 0.459 e. The summed E-state index contributed by atoms with van der Waals surface area (Å²) in [4.78, 5) is 32.1. The number of aromatic nitrogens is 2. The molecule has 3 aromatic rings. The standard InChI is InChI=1S/C17H15N5O3/c1-19-17(24)14-15(18)20-9-12(22-14)10-4-2-5-11(8-10)21-16(23)13-6-3-7-25-13/h2-9H,1H3,(H2,18,20)(H,19,24)(H,21,23). The maximum absolute atomic E-state index is 12.0. The monoisotopic (exact) mass is 337 g/mol. The average Bonchev–Trinajstić information content (AvgIpc) is 3.16. The summed E-state index contributed by atoms with van der Waals surface area (Å²) < 4.78 is 5.06. The van der Waals surface area contributed by atoms with Crippen LogP contribution in [0.15, 0.2) is 53.3 Å². The van der Waals surface area contributed by atoms with Crippen molar-refractivity contribution in [2.45, 2.75) is 0 Å². The van der Waals surface area contributed by atoms with Gasteiger partial charge in [0.05, 0.1) is 18.2 Å². The number of hydrogen-bond acceptors (Lipinski definition) is 6. The highest BCUT2D eigenvalue weighted by atomic mass is 16.3. The van der Waals surface area contributed by atoms with Crippen molar-refractivity contribution in [3.8, 4) is 11.3 Å². The van der Waals surface area contributed by atoms with Gasteiger partial charge in [-0.2, -0.15) is 0 Å². The highest BCUT2D eigenvalue weighted by molar-refractivity contribution is 6.02. The minimum absolute atomic E-state index is 0.0463. The Morgan fingerprint density at radius 3 is 2.72 bits per heavy atom. The summed E-state index contributed by atoms with van der Waals surface area (Å²) in [6, 6.07) is 10.2. The van der Waals surface area contributed by atoms with Gasteiger partial charge < -0.3 is 20.8 Å². The van der Waals surface area contributed by atoms with Gasteiger partial charge in [0.15, 0.2) is 17.3 Å². The summed E-state index contributed by atoms with van der Waals surface area (Å²) in [6.45, 7) is 0. The van der Waals surface area contributed by atoms with Crippen molar-refractivity contribution < 1.29 is 14.0 Å². The van der Waals surface area contributed by atoms with Crippen LogP contribution in [-0.2, 0) is 0 Å². The third kappa shape index (κ3) is 3.47. The normalized spacial score (nSPS) is 10.3. The van der Waals surface area contributed by atoms with Crippen LogP contribution < -0.4 is 16.4 Å². The lowest BCUT2D eigenvalue weighted by atomic mass is 10.1. The number of carbonyl (C=O) groups excluding carboxylic acids is 2. The van der Waals surface area contributed by atoms with Crippen molar-refractivity contribution in [2.75, 3.05) is 18.1 Å². The maximum atomic E-state index is 12.0. The number of carbonyl (C=O) groups is 2. The van der Waals surface area contributed by atoms with Gasteiger partial charge in [0.25, 0.3) is 11.8 Å². The minimum Gasteiger partial charge on any atom is -0.459 e. The molecule has 25 heavy (non-hydrogen) atoms. The number of rotatable bonds is 4. The molecule has 4 N–H and O–H groups in total. The van der Waals surface area contributed by atoms with E-state index >= 15 is 0 Å². The number of benzene rings is 1. The number of amides is 2. The molecule has 8 heteroatoms. The van der Waals surface area contributed by atoms with Crippen LogP contribution in [0.4, 0.5) is 11.5 Å². The van der Waals surface area contributed by atoms with E-state index in [0.717, 1.165) is 0 Å². The second-order valence-corrected chi connectivity index (χ2v) is 5.08. The Kier molecular flexibility index (Phi) is 4.42. The van der Waals surface area contributed by atoms with E-state index in [1.165, 1.54) is 19.5 Å². The molecule has 0 unspecified atom stereocenters. The molecule has 0 bridgehead atoms. The first-order valence-electron chi connectivity index (χ1n) is 7.38. The van der Waals surface area contributed by atoms with Crippen LogP contribution in [0, 0.1) is 0 Å². The highest BCUT2D eigenvalue weighted by Crippen LogP contribution is 2.22. The maximum Gasteiger partial charge on any atom is 0.291 e. The molecule has 1 aromatic carbocycles. The van der Waals surface area contributed by atoms with Gasteiger partial charge in [-0.15, -0.1) is 0 Å². The van der Waals surface area contributed by atoms with E-state index in [9.17, 15) is 9.59 Å². The lowest BCUT2D eigenvalue weighted by Gasteiger charge is -2.08. The van der Waals surface area contributed by atoms with Gasteiger partial charge in [-0.25, -0.2) is 9.97 Å². The first-order chi connectivity index (χ1) is 12.1. The lowest BCUT2D eigenvalue weighted by Crippen LogP contribution is -2.21. The SMILES string of the molecule is CNC(=O)c1nc(-c2cccc(NC(=O)c3ccco3)c2)cnc1N. The molecule has 0 radical (unpaired) electrons. The van der Waals surface area contributed by atoms with Crippen LogP contribution in [0.3, 0.4) is 0 Å². The van der Waals surface area contributed by atoms with Gasteiger partial charge in [-0.1, -0.05) is 12.1 Å². The molecule has 0 atom stereocenters. The molecule has 0 aliphatic carbocycles. The minimum atomic E-state index is -0.422. The summed E-state index contributed by atoms with van der Waals surface area (Å²) in [5.74, 6) is -0.532. The van der Waals surface area contributed by atoms with Gasteiger partial charge in [0, 0.05) is 18.3 Å². The number of nitrogens with one attached hydrogen (secondary N) is 2. The zero-order valence-electron chi connectivity index (χ0n) is 13.3. The lowest BCUT2D eigenvalue weighted by molar-refractivity contribution is 0.0957. The van der Waals surface area contributed by atoms with Crippen molar-refractivity contribution in [3.05, 3.63) is 60.3 Å². The van der Waals surface area contributed by atoms with Crippen molar-refractivity contribution in [3.63, 3.8) is 0 Å². The van der Waals surface area contributed by atoms with Crippen LogP contribution >= 0.6 is 0 Å². The van der Waals surface area contributed by atoms with Gasteiger partial charge in [0.2, 0.25) is 0 Å². The molecule has 8 nitrogen and oxygen atoms in total. The van der Waals surface area contributed by atoms with Gasteiger partial charge in [-0.3, -0.25) is 9.59 Å². The molecule has 0 aliphatic rings. The molecule has 0 fully saturated rings. The molecule has 3 rings (SSSR count).